The first kappa shape index (κ1) is 19.1. The molecule has 1 aromatic heterocycles. The Morgan fingerprint density at radius 1 is 1.10 bits per heavy atom. The van der Waals surface area contributed by atoms with Gasteiger partial charge in [-0.3, -0.25) is 19.8 Å². The van der Waals surface area contributed by atoms with E-state index in [9.17, 15) is 14.9 Å². The van der Waals surface area contributed by atoms with E-state index in [1.807, 2.05) is 31.2 Å². The summed E-state index contributed by atoms with van der Waals surface area (Å²) in [6.07, 6.45) is 1.60. The predicted octanol–water partition coefficient (Wildman–Crippen LogP) is 5.57. The van der Waals surface area contributed by atoms with Crippen molar-refractivity contribution in [3.8, 4) is 11.3 Å². The second-order valence-electron chi connectivity index (χ2n) is 6.33. The third-order valence-electron chi connectivity index (χ3n) is 4.35. The largest absolute Gasteiger partial charge is 0.456 e. The molecule has 0 bridgehead atoms. The quantitative estimate of drug-likeness (QED) is 0.237. The van der Waals surface area contributed by atoms with E-state index in [1.165, 1.54) is 22.7 Å². The summed E-state index contributed by atoms with van der Waals surface area (Å²) >= 11 is 6.56. The van der Waals surface area contributed by atoms with E-state index in [0.29, 0.717) is 32.0 Å². The monoisotopic (exact) mass is 422 g/mol. The zero-order valence-corrected chi connectivity index (χ0v) is 16.8. The highest BCUT2D eigenvalue weighted by Crippen LogP contribution is 2.37. The Kier molecular flexibility index (Phi) is 5.04. The third-order valence-corrected chi connectivity index (χ3v) is 5.65. The van der Waals surface area contributed by atoms with Crippen molar-refractivity contribution in [2.24, 2.45) is 0 Å². The number of thiocarbonyl (C=S) groups is 1. The SMILES string of the molecule is Cc1ccc(N2C(=O)/C(=C\c3ccc(-c4ccccc4[N+](=O)[O-])o3)SC2=S)cc1. The minimum atomic E-state index is -0.454. The smallest absolute Gasteiger partial charge is 0.280 e. The number of anilines is 1. The summed E-state index contributed by atoms with van der Waals surface area (Å²) in [5.41, 5.74) is 2.14. The van der Waals surface area contributed by atoms with Crippen LogP contribution in [0, 0.1) is 17.0 Å². The van der Waals surface area contributed by atoms with Gasteiger partial charge < -0.3 is 4.42 Å². The Morgan fingerprint density at radius 3 is 2.55 bits per heavy atom. The van der Waals surface area contributed by atoms with E-state index < -0.39 is 4.92 Å². The van der Waals surface area contributed by atoms with Gasteiger partial charge in [0.1, 0.15) is 11.5 Å². The number of furan rings is 1. The second kappa shape index (κ2) is 7.65. The fourth-order valence-electron chi connectivity index (χ4n) is 2.93. The molecule has 0 N–H and O–H groups in total. The van der Waals surface area contributed by atoms with Gasteiger partial charge >= 0.3 is 0 Å². The van der Waals surface area contributed by atoms with Crippen molar-refractivity contribution in [2.75, 3.05) is 4.90 Å². The van der Waals surface area contributed by atoms with Gasteiger partial charge in [0.15, 0.2) is 4.32 Å². The number of nitro benzene ring substituents is 1. The molecular formula is C21H14N2O4S2. The number of carbonyl (C=O) groups excluding carboxylic acids is 1. The van der Waals surface area contributed by atoms with Crippen LogP contribution in [0.4, 0.5) is 11.4 Å². The number of hydrogen-bond acceptors (Lipinski definition) is 6. The van der Waals surface area contributed by atoms with Gasteiger partial charge in [-0.2, -0.15) is 0 Å². The Labute approximate surface area is 176 Å². The Bertz CT molecular complexity index is 1170. The van der Waals surface area contributed by atoms with E-state index in [1.54, 1.807) is 36.4 Å². The molecule has 0 saturated carbocycles. The lowest BCUT2D eigenvalue weighted by Crippen LogP contribution is -2.27. The van der Waals surface area contributed by atoms with Gasteiger partial charge in [0.2, 0.25) is 0 Å². The lowest BCUT2D eigenvalue weighted by molar-refractivity contribution is -0.384. The Morgan fingerprint density at radius 2 is 1.83 bits per heavy atom. The fourth-order valence-corrected chi connectivity index (χ4v) is 4.21. The van der Waals surface area contributed by atoms with Gasteiger partial charge in [-0.1, -0.05) is 53.8 Å². The van der Waals surface area contributed by atoms with Crippen LogP contribution in [-0.2, 0) is 4.79 Å². The molecule has 144 valence electrons. The maximum atomic E-state index is 12.8. The van der Waals surface area contributed by atoms with Gasteiger partial charge in [-0.05, 0) is 37.3 Å². The lowest BCUT2D eigenvalue weighted by atomic mass is 10.1. The van der Waals surface area contributed by atoms with Crippen LogP contribution in [0.1, 0.15) is 11.3 Å². The van der Waals surface area contributed by atoms with Crippen molar-refractivity contribution in [1.29, 1.82) is 0 Å². The van der Waals surface area contributed by atoms with Gasteiger partial charge in [-0.25, -0.2) is 0 Å². The van der Waals surface area contributed by atoms with Crippen LogP contribution < -0.4 is 4.90 Å². The highest BCUT2D eigenvalue weighted by Gasteiger charge is 2.33. The van der Waals surface area contributed by atoms with E-state index in [-0.39, 0.29) is 11.6 Å². The maximum Gasteiger partial charge on any atom is 0.280 e. The zero-order valence-electron chi connectivity index (χ0n) is 15.2. The van der Waals surface area contributed by atoms with Crippen LogP contribution in [0.25, 0.3) is 17.4 Å². The summed E-state index contributed by atoms with van der Waals surface area (Å²) in [6.45, 7) is 1.97. The molecule has 1 saturated heterocycles. The number of nitrogens with zero attached hydrogens (tertiary/aromatic N) is 2. The Balaban J connectivity index is 1.63. The molecule has 4 rings (SSSR count). The molecule has 0 spiro atoms. The fraction of sp³-hybridized carbons (Fsp3) is 0.0476. The van der Waals surface area contributed by atoms with E-state index in [2.05, 4.69) is 0 Å². The summed E-state index contributed by atoms with van der Waals surface area (Å²) in [7, 11) is 0. The van der Waals surface area contributed by atoms with Crippen LogP contribution in [0.3, 0.4) is 0 Å². The van der Waals surface area contributed by atoms with Crippen molar-refractivity contribution in [1.82, 2.24) is 0 Å². The molecule has 8 heteroatoms. The topological polar surface area (TPSA) is 76.6 Å². The van der Waals surface area contributed by atoms with Gasteiger partial charge in [0, 0.05) is 12.1 Å². The maximum absolute atomic E-state index is 12.8. The van der Waals surface area contributed by atoms with Crippen LogP contribution in [0.15, 0.2) is 70.0 Å². The van der Waals surface area contributed by atoms with Crippen molar-refractivity contribution in [3.63, 3.8) is 0 Å². The number of benzene rings is 2. The van der Waals surface area contributed by atoms with Gasteiger partial charge in [0.25, 0.3) is 11.6 Å². The molecule has 2 aromatic carbocycles. The normalized spacial score (nSPS) is 15.3. The molecule has 3 aromatic rings. The second-order valence-corrected chi connectivity index (χ2v) is 8.00. The first-order valence-corrected chi connectivity index (χ1v) is 9.85. The number of thioether (sulfide) groups is 1. The molecule has 0 aliphatic carbocycles. The zero-order chi connectivity index (χ0) is 20.5. The predicted molar refractivity (Wildman–Crippen MR) is 118 cm³/mol. The number of nitro groups is 1. The molecule has 1 aliphatic heterocycles. The van der Waals surface area contributed by atoms with Crippen molar-refractivity contribution >= 4 is 51.7 Å². The van der Waals surface area contributed by atoms with Crippen molar-refractivity contribution in [2.45, 2.75) is 6.92 Å². The van der Waals surface area contributed by atoms with Crippen LogP contribution in [0.2, 0.25) is 0 Å². The minimum Gasteiger partial charge on any atom is -0.456 e. The number of amides is 1. The molecule has 29 heavy (non-hydrogen) atoms. The third kappa shape index (κ3) is 3.72. The Hall–Kier alpha value is -3.23. The van der Waals surface area contributed by atoms with Crippen molar-refractivity contribution in [3.05, 3.63) is 87.0 Å². The van der Waals surface area contributed by atoms with E-state index in [0.717, 1.165) is 5.56 Å². The summed E-state index contributed by atoms with van der Waals surface area (Å²) in [4.78, 5) is 25.5. The molecule has 6 nitrogen and oxygen atoms in total. The van der Waals surface area contributed by atoms with Crippen LogP contribution in [0.5, 0.6) is 0 Å². The number of aryl methyl sites for hydroxylation is 1. The number of hydrogen-bond donors (Lipinski definition) is 0. The molecule has 2 heterocycles. The lowest BCUT2D eigenvalue weighted by Gasteiger charge is -2.14. The van der Waals surface area contributed by atoms with Gasteiger partial charge in [0.05, 0.1) is 21.1 Å². The average molecular weight is 422 g/mol. The van der Waals surface area contributed by atoms with E-state index >= 15 is 0 Å². The standard InChI is InChI=1S/C21H14N2O4S2/c1-13-6-8-14(9-7-13)22-20(24)19(29-21(22)28)12-15-10-11-18(27-15)16-4-2-3-5-17(16)23(25)26/h2-12H,1H3/b19-12+. The molecule has 0 radical (unpaired) electrons. The van der Waals surface area contributed by atoms with E-state index in [4.69, 9.17) is 16.6 Å². The molecule has 0 atom stereocenters. The van der Waals surface area contributed by atoms with Crippen LogP contribution >= 0.6 is 24.0 Å². The van der Waals surface area contributed by atoms with Crippen molar-refractivity contribution < 1.29 is 14.1 Å². The summed E-state index contributed by atoms with van der Waals surface area (Å²) in [5.74, 6) is 0.549. The number of carbonyl (C=O) groups is 1. The molecule has 0 unspecified atom stereocenters. The molecule has 1 fully saturated rings. The summed E-state index contributed by atoms with van der Waals surface area (Å²) in [5, 5.41) is 11.2. The molecular weight excluding hydrogens is 408 g/mol. The first-order chi connectivity index (χ1) is 13.9. The van der Waals surface area contributed by atoms with Gasteiger partial charge in [-0.15, -0.1) is 0 Å². The first-order valence-electron chi connectivity index (χ1n) is 8.62. The minimum absolute atomic E-state index is 0.0425. The molecule has 1 amide bonds. The highest BCUT2D eigenvalue weighted by atomic mass is 32.2. The number of rotatable bonds is 4. The number of para-hydroxylation sites is 1. The molecule has 1 aliphatic rings. The summed E-state index contributed by atoms with van der Waals surface area (Å²) < 4.78 is 6.19. The highest BCUT2D eigenvalue weighted by molar-refractivity contribution is 8.27. The summed E-state index contributed by atoms with van der Waals surface area (Å²) in [6, 6.07) is 17.2. The van der Waals surface area contributed by atoms with Crippen LogP contribution in [-0.4, -0.2) is 15.2 Å². The average Bonchev–Trinajstić information content (AvgIpc) is 3.27.